The van der Waals surface area contributed by atoms with Crippen molar-refractivity contribution < 1.29 is 19.7 Å². The van der Waals surface area contributed by atoms with Crippen molar-refractivity contribution in [1.82, 2.24) is 0 Å². The van der Waals surface area contributed by atoms with Gasteiger partial charge in [-0.1, -0.05) is 0 Å². The van der Waals surface area contributed by atoms with Crippen molar-refractivity contribution >= 4 is 5.91 Å². The zero-order valence-electron chi connectivity index (χ0n) is 5.68. The number of aliphatic hydroxyl groups is 2. The van der Waals surface area contributed by atoms with E-state index in [4.69, 9.17) is 21.7 Å². The van der Waals surface area contributed by atoms with Crippen LogP contribution in [0.25, 0.3) is 0 Å². The van der Waals surface area contributed by atoms with Gasteiger partial charge in [0.25, 0.3) is 0 Å². The molecule has 0 spiro atoms. The second-order valence-electron chi connectivity index (χ2n) is 2.42. The van der Waals surface area contributed by atoms with Crippen LogP contribution >= 0.6 is 0 Å². The van der Waals surface area contributed by atoms with Crippen LogP contribution in [0.2, 0.25) is 0 Å². The summed E-state index contributed by atoms with van der Waals surface area (Å²) in [5.74, 6) is -0.784. The van der Waals surface area contributed by atoms with Gasteiger partial charge in [0.1, 0.15) is 6.10 Å². The van der Waals surface area contributed by atoms with E-state index in [9.17, 15) is 4.79 Å². The third-order valence-corrected chi connectivity index (χ3v) is 1.60. The van der Waals surface area contributed by atoms with Crippen molar-refractivity contribution in [3.63, 3.8) is 0 Å². The maximum atomic E-state index is 10.5. The molecule has 6 nitrogen and oxygen atoms in total. The van der Waals surface area contributed by atoms with Gasteiger partial charge in [-0.25, -0.2) is 0 Å². The summed E-state index contributed by atoms with van der Waals surface area (Å²) in [6.45, 7) is 0. The minimum atomic E-state index is -1.41. The van der Waals surface area contributed by atoms with Crippen LogP contribution in [0.3, 0.4) is 0 Å². The standard InChI is InChI=1S/C5H10N2O4/c6-1-2(8)5(10)11-3(1)4(7)9/h1-3,5,8,10H,6H2,(H2,7,9)/t1-,2+,3-,5?/m0/s1. The number of carbonyl (C=O) groups excluding carboxylic acids is 1. The van der Waals surface area contributed by atoms with E-state index in [2.05, 4.69) is 4.74 Å². The Morgan fingerprint density at radius 3 is 2.18 bits per heavy atom. The fraction of sp³-hybridized carbons (Fsp3) is 0.800. The van der Waals surface area contributed by atoms with Crippen molar-refractivity contribution in [2.75, 3.05) is 0 Å². The highest BCUT2D eigenvalue weighted by atomic mass is 16.6. The average Bonchev–Trinajstić information content (AvgIpc) is 2.17. The molecule has 1 saturated heterocycles. The van der Waals surface area contributed by atoms with Crippen LogP contribution in [-0.2, 0) is 9.53 Å². The van der Waals surface area contributed by atoms with Gasteiger partial charge in [-0.05, 0) is 0 Å². The Morgan fingerprint density at radius 2 is 2.00 bits per heavy atom. The number of carbonyl (C=O) groups is 1. The van der Waals surface area contributed by atoms with E-state index in [0.717, 1.165) is 0 Å². The third kappa shape index (κ3) is 1.33. The van der Waals surface area contributed by atoms with Gasteiger partial charge in [-0.15, -0.1) is 0 Å². The molecule has 0 radical (unpaired) electrons. The number of ether oxygens (including phenoxy) is 1. The summed E-state index contributed by atoms with van der Waals surface area (Å²) in [7, 11) is 0. The Morgan fingerprint density at radius 1 is 1.45 bits per heavy atom. The quantitative estimate of drug-likeness (QED) is 0.325. The van der Waals surface area contributed by atoms with E-state index in [1.165, 1.54) is 0 Å². The number of primary amides is 1. The topological polar surface area (TPSA) is 119 Å². The minimum absolute atomic E-state index is 0.784. The summed E-state index contributed by atoms with van der Waals surface area (Å²) in [6.07, 6.45) is -3.75. The zero-order chi connectivity index (χ0) is 8.59. The van der Waals surface area contributed by atoms with E-state index in [-0.39, 0.29) is 0 Å². The first-order chi connectivity index (χ1) is 5.04. The van der Waals surface area contributed by atoms with Crippen LogP contribution in [0.15, 0.2) is 0 Å². The maximum absolute atomic E-state index is 10.5. The molecule has 6 N–H and O–H groups in total. The normalized spacial score (nSPS) is 44.3. The molecule has 0 bridgehead atoms. The van der Waals surface area contributed by atoms with Gasteiger partial charge in [0.2, 0.25) is 5.91 Å². The van der Waals surface area contributed by atoms with Crippen LogP contribution in [-0.4, -0.2) is 40.7 Å². The first-order valence-corrected chi connectivity index (χ1v) is 3.10. The van der Waals surface area contributed by atoms with Crippen molar-refractivity contribution in [3.8, 4) is 0 Å². The molecule has 1 heterocycles. The Hall–Kier alpha value is -0.690. The predicted octanol–water partition coefficient (Wildman–Crippen LogP) is -3.12. The van der Waals surface area contributed by atoms with Gasteiger partial charge in [0, 0.05) is 0 Å². The Kier molecular flexibility index (Phi) is 2.10. The van der Waals surface area contributed by atoms with Gasteiger partial charge in [-0.2, -0.15) is 0 Å². The molecule has 0 aromatic heterocycles. The summed E-state index contributed by atoms with van der Waals surface area (Å²) in [6, 6.07) is -0.942. The lowest BCUT2D eigenvalue weighted by Crippen LogP contribution is -2.46. The molecule has 0 aromatic carbocycles. The van der Waals surface area contributed by atoms with Gasteiger partial charge in [0.05, 0.1) is 6.04 Å². The van der Waals surface area contributed by atoms with Gasteiger partial charge >= 0.3 is 0 Å². The summed E-state index contributed by atoms with van der Waals surface area (Å²) < 4.78 is 4.55. The van der Waals surface area contributed by atoms with Crippen molar-refractivity contribution in [1.29, 1.82) is 0 Å². The van der Waals surface area contributed by atoms with Gasteiger partial charge in [-0.3, -0.25) is 4.79 Å². The summed E-state index contributed by atoms with van der Waals surface area (Å²) >= 11 is 0. The lowest BCUT2D eigenvalue weighted by atomic mass is 10.1. The summed E-state index contributed by atoms with van der Waals surface area (Å²) in [4.78, 5) is 10.5. The van der Waals surface area contributed by atoms with E-state index >= 15 is 0 Å². The number of amides is 1. The highest BCUT2D eigenvalue weighted by molar-refractivity contribution is 5.80. The summed E-state index contributed by atoms with van der Waals surface area (Å²) in [5.41, 5.74) is 10.1. The van der Waals surface area contributed by atoms with Crippen LogP contribution in [0.1, 0.15) is 0 Å². The third-order valence-electron chi connectivity index (χ3n) is 1.60. The number of nitrogens with two attached hydrogens (primary N) is 2. The Labute approximate surface area is 62.7 Å². The fourth-order valence-electron chi connectivity index (χ4n) is 0.947. The van der Waals surface area contributed by atoms with Gasteiger partial charge < -0.3 is 26.4 Å². The van der Waals surface area contributed by atoms with Crippen molar-refractivity contribution in [3.05, 3.63) is 0 Å². The lowest BCUT2D eigenvalue weighted by Gasteiger charge is -2.10. The van der Waals surface area contributed by atoms with E-state index in [0.29, 0.717) is 0 Å². The second-order valence-corrected chi connectivity index (χ2v) is 2.42. The van der Waals surface area contributed by atoms with E-state index < -0.39 is 30.4 Å². The Balaban J connectivity index is 2.67. The number of aliphatic hydroxyl groups excluding tert-OH is 2. The monoisotopic (exact) mass is 162 g/mol. The molecule has 1 rings (SSSR count). The molecular formula is C5H10N2O4. The SMILES string of the molecule is NC(=O)[C@H]1OC(O)[C@H](O)[C@@H]1N. The van der Waals surface area contributed by atoms with Crippen molar-refractivity contribution in [2.45, 2.75) is 24.5 Å². The molecule has 1 aliphatic rings. The largest absolute Gasteiger partial charge is 0.386 e. The number of hydrogen-bond acceptors (Lipinski definition) is 5. The molecule has 0 saturated carbocycles. The molecule has 1 unspecified atom stereocenters. The minimum Gasteiger partial charge on any atom is -0.386 e. The average molecular weight is 162 g/mol. The molecule has 1 fully saturated rings. The second kappa shape index (κ2) is 2.74. The van der Waals surface area contributed by atoms with Crippen molar-refractivity contribution in [2.24, 2.45) is 11.5 Å². The summed E-state index contributed by atoms with van der Waals surface area (Å²) in [5, 5.41) is 17.8. The maximum Gasteiger partial charge on any atom is 0.248 e. The van der Waals surface area contributed by atoms with Crippen LogP contribution in [0, 0.1) is 0 Å². The molecule has 6 heteroatoms. The molecule has 0 aromatic rings. The Bertz CT molecular complexity index is 174. The fourth-order valence-corrected chi connectivity index (χ4v) is 0.947. The van der Waals surface area contributed by atoms with E-state index in [1.807, 2.05) is 0 Å². The highest BCUT2D eigenvalue weighted by Gasteiger charge is 2.43. The molecular weight excluding hydrogens is 152 g/mol. The highest BCUT2D eigenvalue weighted by Crippen LogP contribution is 2.16. The molecule has 1 aliphatic heterocycles. The predicted molar refractivity (Wildman–Crippen MR) is 34.1 cm³/mol. The van der Waals surface area contributed by atoms with Crippen LogP contribution < -0.4 is 11.5 Å². The number of hydrogen-bond donors (Lipinski definition) is 4. The molecule has 4 atom stereocenters. The van der Waals surface area contributed by atoms with Crippen LogP contribution in [0.5, 0.6) is 0 Å². The van der Waals surface area contributed by atoms with Crippen LogP contribution in [0.4, 0.5) is 0 Å². The first kappa shape index (κ1) is 8.41. The molecule has 1 amide bonds. The van der Waals surface area contributed by atoms with E-state index in [1.54, 1.807) is 0 Å². The smallest absolute Gasteiger partial charge is 0.248 e. The zero-order valence-corrected chi connectivity index (χ0v) is 5.68. The molecule has 0 aliphatic carbocycles. The first-order valence-electron chi connectivity index (χ1n) is 3.10. The lowest BCUT2D eigenvalue weighted by molar-refractivity contribution is -0.148. The molecule has 64 valence electrons. The molecule has 11 heavy (non-hydrogen) atoms. The number of rotatable bonds is 1. The van der Waals surface area contributed by atoms with Gasteiger partial charge in [0.15, 0.2) is 12.4 Å².